The highest BCUT2D eigenvalue weighted by molar-refractivity contribution is 7.89. The second kappa shape index (κ2) is 9.01. The smallest absolute Gasteiger partial charge is 0.242 e. The molecular weight excluding hydrogens is 362 g/mol. The van der Waals surface area contributed by atoms with Crippen LogP contribution in [0.5, 0.6) is 0 Å². The van der Waals surface area contributed by atoms with Gasteiger partial charge in [-0.3, -0.25) is 4.79 Å². The minimum atomic E-state index is -3.76. The Morgan fingerprint density at radius 2 is 1.56 bits per heavy atom. The van der Waals surface area contributed by atoms with Gasteiger partial charge in [-0.15, -0.1) is 0 Å². The van der Waals surface area contributed by atoms with Crippen LogP contribution in [0.1, 0.15) is 26.3 Å². The monoisotopic (exact) mass is 389 g/mol. The molecule has 1 atom stereocenters. The summed E-state index contributed by atoms with van der Waals surface area (Å²) in [6, 6.07) is 13.1. The maximum atomic E-state index is 12.4. The number of hydrogen-bond acceptors (Lipinski definition) is 4. The van der Waals surface area contributed by atoms with Crippen molar-refractivity contribution in [2.24, 2.45) is 0 Å². The van der Waals surface area contributed by atoms with Crippen molar-refractivity contribution in [2.75, 3.05) is 23.3 Å². The topological polar surface area (TPSA) is 78.5 Å². The fraction of sp³-hybridized carbons (Fsp3) is 0.350. The van der Waals surface area contributed by atoms with E-state index in [1.165, 1.54) is 19.1 Å². The predicted octanol–water partition coefficient (Wildman–Crippen LogP) is 3.15. The first-order valence-electron chi connectivity index (χ1n) is 9.01. The molecule has 2 N–H and O–H groups in total. The van der Waals surface area contributed by atoms with E-state index in [2.05, 4.69) is 28.8 Å². The molecule has 0 aromatic heterocycles. The summed E-state index contributed by atoms with van der Waals surface area (Å²) in [5.41, 5.74) is 2.66. The first-order chi connectivity index (χ1) is 12.8. The van der Waals surface area contributed by atoms with Crippen LogP contribution in [-0.2, 0) is 14.8 Å². The molecule has 0 aliphatic heterocycles. The molecule has 6 nitrogen and oxygen atoms in total. The van der Waals surface area contributed by atoms with Crippen molar-refractivity contribution in [2.45, 2.75) is 38.6 Å². The average Bonchev–Trinajstić information content (AvgIpc) is 2.64. The van der Waals surface area contributed by atoms with Crippen molar-refractivity contribution >= 4 is 27.3 Å². The van der Waals surface area contributed by atoms with E-state index in [0.717, 1.165) is 24.3 Å². The lowest BCUT2D eigenvalue weighted by atomic mass is 10.2. The van der Waals surface area contributed by atoms with Crippen LogP contribution in [0, 0.1) is 6.92 Å². The number of sulfonamides is 1. The molecular formula is C20H27N3O3S. The normalized spacial score (nSPS) is 12.4. The molecule has 0 aliphatic carbocycles. The molecule has 2 aromatic carbocycles. The van der Waals surface area contributed by atoms with Gasteiger partial charge in [0, 0.05) is 24.5 Å². The highest BCUT2D eigenvalue weighted by Crippen LogP contribution is 2.18. The van der Waals surface area contributed by atoms with Crippen LogP contribution in [0.2, 0.25) is 0 Å². The van der Waals surface area contributed by atoms with Gasteiger partial charge in [-0.05, 0) is 64.1 Å². The number of carbonyl (C=O) groups is 1. The van der Waals surface area contributed by atoms with E-state index in [1.54, 1.807) is 12.1 Å². The number of anilines is 2. The number of amides is 1. The van der Waals surface area contributed by atoms with Crippen molar-refractivity contribution in [1.82, 2.24) is 4.72 Å². The molecule has 0 bridgehead atoms. The van der Waals surface area contributed by atoms with Gasteiger partial charge in [-0.1, -0.05) is 17.7 Å². The number of rotatable bonds is 8. The third kappa shape index (κ3) is 5.55. The summed E-state index contributed by atoms with van der Waals surface area (Å²) in [7, 11) is -3.76. The van der Waals surface area contributed by atoms with E-state index in [4.69, 9.17) is 0 Å². The molecule has 0 radical (unpaired) electrons. The Hall–Kier alpha value is -2.38. The summed E-state index contributed by atoms with van der Waals surface area (Å²) in [4.78, 5) is 14.7. The number of nitrogens with one attached hydrogen (secondary N) is 2. The van der Waals surface area contributed by atoms with Crippen molar-refractivity contribution in [3.8, 4) is 0 Å². The quantitative estimate of drug-likeness (QED) is 0.727. The summed E-state index contributed by atoms with van der Waals surface area (Å²) in [6.45, 7) is 9.37. The SMILES string of the molecule is CCN(CC)c1ccc(NC(=O)[C@@H](C)NS(=O)(=O)c2ccc(C)cc2)cc1. The lowest BCUT2D eigenvalue weighted by Gasteiger charge is -2.21. The maximum absolute atomic E-state index is 12.4. The van der Waals surface area contributed by atoms with Gasteiger partial charge in [-0.25, -0.2) is 8.42 Å². The standard InChI is InChI=1S/C20H27N3O3S/c1-5-23(6-2)18-11-9-17(10-12-18)21-20(24)16(4)22-27(25,26)19-13-7-15(3)8-14-19/h7-14,16,22H,5-6H2,1-4H3,(H,21,24)/t16-/m1/s1. The fourth-order valence-corrected chi connectivity index (χ4v) is 3.87. The lowest BCUT2D eigenvalue weighted by Crippen LogP contribution is -2.41. The van der Waals surface area contributed by atoms with Gasteiger partial charge in [0.1, 0.15) is 0 Å². The van der Waals surface area contributed by atoms with E-state index in [0.29, 0.717) is 5.69 Å². The van der Waals surface area contributed by atoms with Gasteiger partial charge < -0.3 is 10.2 Å². The predicted molar refractivity (Wildman–Crippen MR) is 110 cm³/mol. The summed E-state index contributed by atoms with van der Waals surface area (Å²) in [5.74, 6) is -0.415. The highest BCUT2D eigenvalue weighted by atomic mass is 32.2. The molecule has 0 spiro atoms. The number of aryl methyl sites for hydroxylation is 1. The summed E-state index contributed by atoms with van der Waals surface area (Å²) < 4.78 is 27.2. The Kier molecular flexibility index (Phi) is 6.98. The first kappa shape index (κ1) is 20.9. The summed E-state index contributed by atoms with van der Waals surface area (Å²) >= 11 is 0. The first-order valence-corrected chi connectivity index (χ1v) is 10.5. The van der Waals surface area contributed by atoms with Crippen molar-refractivity contribution in [3.05, 3.63) is 54.1 Å². The van der Waals surface area contributed by atoms with E-state index in [-0.39, 0.29) is 4.90 Å². The Bertz CT molecular complexity index is 858. The number of benzene rings is 2. The zero-order chi connectivity index (χ0) is 20.0. The van der Waals surface area contributed by atoms with E-state index in [9.17, 15) is 13.2 Å². The average molecular weight is 390 g/mol. The molecule has 0 saturated carbocycles. The Morgan fingerprint density at radius 1 is 1.00 bits per heavy atom. The highest BCUT2D eigenvalue weighted by Gasteiger charge is 2.22. The largest absolute Gasteiger partial charge is 0.372 e. The van der Waals surface area contributed by atoms with Crippen LogP contribution in [0.15, 0.2) is 53.4 Å². The van der Waals surface area contributed by atoms with Crippen LogP contribution >= 0.6 is 0 Å². The molecule has 0 fully saturated rings. The molecule has 1 amide bonds. The second-order valence-corrected chi connectivity index (χ2v) is 8.08. The molecule has 2 rings (SSSR count). The lowest BCUT2D eigenvalue weighted by molar-refractivity contribution is -0.117. The summed E-state index contributed by atoms with van der Waals surface area (Å²) in [5, 5.41) is 2.74. The van der Waals surface area contributed by atoms with Crippen LogP contribution in [0.4, 0.5) is 11.4 Å². The van der Waals surface area contributed by atoms with Crippen molar-refractivity contribution < 1.29 is 13.2 Å². The van der Waals surface area contributed by atoms with Crippen LogP contribution < -0.4 is 14.9 Å². The Labute approximate surface area is 161 Å². The van der Waals surface area contributed by atoms with Crippen molar-refractivity contribution in [1.29, 1.82) is 0 Å². The van der Waals surface area contributed by atoms with Gasteiger partial charge in [0.15, 0.2) is 0 Å². The van der Waals surface area contributed by atoms with Gasteiger partial charge in [0.05, 0.1) is 10.9 Å². The van der Waals surface area contributed by atoms with E-state index in [1.807, 2.05) is 31.2 Å². The molecule has 7 heteroatoms. The molecule has 0 aliphatic rings. The van der Waals surface area contributed by atoms with Crippen molar-refractivity contribution in [3.63, 3.8) is 0 Å². The van der Waals surface area contributed by atoms with Gasteiger partial charge in [-0.2, -0.15) is 4.72 Å². The van der Waals surface area contributed by atoms with E-state index >= 15 is 0 Å². The van der Waals surface area contributed by atoms with E-state index < -0.39 is 22.0 Å². The molecule has 0 heterocycles. The minimum Gasteiger partial charge on any atom is -0.372 e. The maximum Gasteiger partial charge on any atom is 0.242 e. The van der Waals surface area contributed by atoms with Crippen LogP contribution in [-0.4, -0.2) is 33.5 Å². The van der Waals surface area contributed by atoms with Gasteiger partial charge in [0.25, 0.3) is 0 Å². The third-order valence-corrected chi connectivity index (χ3v) is 5.88. The van der Waals surface area contributed by atoms with Crippen LogP contribution in [0.25, 0.3) is 0 Å². The Morgan fingerprint density at radius 3 is 2.07 bits per heavy atom. The summed E-state index contributed by atoms with van der Waals surface area (Å²) in [6.07, 6.45) is 0. The minimum absolute atomic E-state index is 0.135. The van der Waals surface area contributed by atoms with Gasteiger partial charge in [0.2, 0.25) is 15.9 Å². The van der Waals surface area contributed by atoms with Crippen LogP contribution in [0.3, 0.4) is 0 Å². The third-order valence-electron chi connectivity index (χ3n) is 4.32. The Balaban J connectivity index is 2.02. The number of carbonyl (C=O) groups excluding carboxylic acids is 1. The number of hydrogen-bond donors (Lipinski definition) is 2. The molecule has 27 heavy (non-hydrogen) atoms. The fourth-order valence-electron chi connectivity index (χ4n) is 2.67. The number of nitrogens with zero attached hydrogens (tertiary/aromatic N) is 1. The molecule has 0 unspecified atom stereocenters. The van der Waals surface area contributed by atoms with Gasteiger partial charge >= 0.3 is 0 Å². The zero-order valence-corrected chi connectivity index (χ0v) is 17.0. The second-order valence-electron chi connectivity index (χ2n) is 6.36. The molecule has 146 valence electrons. The molecule has 0 saturated heterocycles. The molecule has 2 aromatic rings. The zero-order valence-electron chi connectivity index (χ0n) is 16.2.